The van der Waals surface area contributed by atoms with E-state index in [9.17, 15) is 4.79 Å². The third kappa shape index (κ3) is 3.07. The molecular formula is C16H21BrN2O. The lowest BCUT2D eigenvalue weighted by Crippen LogP contribution is -2.48. The molecule has 0 aromatic heterocycles. The Bertz CT molecular complexity index is 493. The van der Waals surface area contributed by atoms with Crippen molar-refractivity contribution in [1.82, 2.24) is 10.6 Å². The molecule has 4 heteroatoms. The van der Waals surface area contributed by atoms with Crippen molar-refractivity contribution in [3.05, 3.63) is 34.3 Å². The van der Waals surface area contributed by atoms with Gasteiger partial charge in [0.25, 0.3) is 0 Å². The number of hydrogen-bond donors (Lipinski definition) is 2. The first kappa shape index (κ1) is 14.1. The molecular weight excluding hydrogens is 316 g/mol. The fraction of sp³-hybridized carbons (Fsp3) is 0.562. The van der Waals surface area contributed by atoms with Gasteiger partial charge in [-0.25, -0.2) is 0 Å². The molecule has 1 aliphatic carbocycles. The summed E-state index contributed by atoms with van der Waals surface area (Å²) in [5, 5.41) is 6.46. The standard InChI is InChI=1S/C16H21BrN2O/c17-13-5-3-4-12(10-13)16(7-8-16)11-19-15(20)14-6-1-2-9-18-14/h3-5,10,14,18H,1-2,6-9,11H2,(H,19,20). The van der Waals surface area contributed by atoms with Crippen molar-refractivity contribution in [3.63, 3.8) is 0 Å². The summed E-state index contributed by atoms with van der Waals surface area (Å²) in [5.74, 6) is 0.172. The Morgan fingerprint density at radius 2 is 2.25 bits per heavy atom. The zero-order valence-electron chi connectivity index (χ0n) is 11.6. The van der Waals surface area contributed by atoms with Crippen molar-refractivity contribution in [3.8, 4) is 0 Å². The van der Waals surface area contributed by atoms with E-state index < -0.39 is 0 Å². The first-order valence-corrected chi connectivity index (χ1v) is 8.26. The largest absolute Gasteiger partial charge is 0.354 e. The molecule has 108 valence electrons. The molecule has 1 amide bonds. The van der Waals surface area contributed by atoms with Crippen LogP contribution in [0.5, 0.6) is 0 Å². The van der Waals surface area contributed by atoms with E-state index >= 15 is 0 Å². The maximum absolute atomic E-state index is 12.2. The SMILES string of the molecule is O=C(NCC1(c2cccc(Br)c2)CC1)C1CCCCN1. The molecule has 0 bridgehead atoms. The van der Waals surface area contributed by atoms with E-state index in [2.05, 4.69) is 44.8 Å². The maximum atomic E-state index is 12.2. The van der Waals surface area contributed by atoms with E-state index in [1.54, 1.807) is 0 Å². The number of carbonyl (C=O) groups is 1. The molecule has 3 rings (SSSR count). The Hall–Kier alpha value is -0.870. The number of halogens is 1. The van der Waals surface area contributed by atoms with Crippen molar-refractivity contribution in [2.75, 3.05) is 13.1 Å². The smallest absolute Gasteiger partial charge is 0.237 e. The van der Waals surface area contributed by atoms with Crippen LogP contribution in [0.4, 0.5) is 0 Å². The normalized spacial score (nSPS) is 24.1. The van der Waals surface area contributed by atoms with E-state index in [1.165, 1.54) is 24.8 Å². The number of carbonyl (C=O) groups excluding carboxylic acids is 1. The Balaban J connectivity index is 1.59. The van der Waals surface area contributed by atoms with Gasteiger partial charge in [0.1, 0.15) is 0 Å². The van der Waals surface area contributed by atoms with Crippen molar-refractivity contribution in [2.24, 2.45) is 0 Å². The summed E-state index contributed by atoms with van der Waals surface area (Å²) >= 11 is 3.53. The van der Waals surface area contributed by atoms with E-state index in [-0.39, 0.29) is 17.4 Å². The van der Waals surface area contributed by atoms with Crippen LogP contribution >= 0.6 is 15.9 Å². The molecule has 20 heavy (non-hydrogen) atoms. The number of benzene rings is 1. The minimum Gasteiger partial charge on any atom is -0.354 e. The lowest BCUT2D eigenvalue weighted by atomic mass is 9.95. The van der Waals surface area contributed by atoms with Gasteiger partial charge in [0.15, 0.2) is 0 Å². The fourth-order valence-electron chi connectivity index (χ4n) is 2.99. The van der Waals surface area contributed by atoms with Gasteiger partial charge >= 0.3 is 0 Å². The first-order valence-electron chi connectivity index (χ1n) is 7.47. The van der Waals surface area contributed by atoms with Crippen molar-refractivity contribution >= 4 is 21.8 Å². The van der Waals surface area contributed by atoms with E-state index in [0.717, 1.165) is 30.4 Å². The number of piperidine rings is 1. The third-order valence-electron chi connectivity index (χ3n) is 4.52. The van der Waals surface area contributed by atoms with Gasteiger partial charge in [-0.05, 0) is 49.9 Å². The Morgan fingerprint density at radius 1 is 1.40 bits per heavy atom. The van der Waals surface area contributed by atoms with E-state index in [4.69, 9.17) is 0 Å². The predicted molar refractivity (Wildman–Crippen MR) is 83.7 cm³/mol. The minimum atomic E-state index is 0.0158. The highest BCUT2D eigenvalue weighted by Gasteiger charge is 2.44. The minimum absolute atomic E-state index is 0.0158. The number of amides is 1. The second kappa shape index (κ2) is 5.86. The van der Waals surface area contributed by atoms with Crippen LogP contribution in [-0.4, -0.2) is 25.0 Å². The molecule has 1 saturated carbocycles. The molecule has 1 heterocycles. The average molecular weight is 337 g/mol. The van der Waals surface area contributed by atoms with Gasteiger partial charge in [0.2, 0.25) is 5.91 Å². The highest BCUT2D eigenvalue weighted by atomic mass is 79.9. The number of rotatable bonds is 4. The summed E-state index contributed by atoms with van der Waals surface area (Å²) in [6, 6.07) is 8.48. The van der Waals surface area contributed by atoms with Gasteiger partial charge in [-0.3, -0.25) is 4.79 Å². The van der Waals surface area contributed by atoms with Crippen LogP contribution in [-0.2, 0) is 10.2 Å². The molecule has 2 fully saturated rings. The molecule has 1 aromatic rings. The molecule has 1 aliphatic heterocycles. The zero-order valence-corrected chi connectivity index (χ0v) is 13.2. The van der Waals surface area contributed by atoms with Gasteiger partial charge in [0.05, 0.1) is 6.04 Å². The molecule has 0 radical (unpaired) electrons. The third-order valence-corrected chi connectivity index (χ3v) is 5.01. The number of hydrogen-bond acceptors (Lipinski definition) is 2. The van der Waals surface area contributed by atoms with Crippen LogP contribution in [0.2, 0.25) is 0 Å². The van der Waals surface area contributed by atoms with Crippen molar-refractivity contribution in [1.29, 1.82) is 0 Å². The van der Waals surface area contributed by atoms with Crippen LogP contribution in [0.1, 0.15) is 37.7 Å². The Kier molecular flexibility index (Phi) is 4.13. The van der Waals surface area contributed by atoms with Gasteiger partial charge in [-0.15, -0.1) is 0 Å². The Labute approximate surface area is 128 Å². The monoisotopic (exact) mass is 336 g/mol. The van der Waals surface area contributed by atoms with Gasteiger partial charge < -0.3 is 10.6 Å². The van der Waals surface area contributed by atoms with E-state index in [1.807, 2.05) is 6.07 Å². The van der Waals surface area contributed by atoms with Crippen LogP contribution < -0.4 is 10.6 Å². The first-order chi connectivity index (χ1) is 9.70. The molecule has 1 saturated heterocycles. The molecule has 3 nitrogen and oxygen atoms in total. The summed E-state index contributed by atoms with van der Waals surface area (Å²) in [6.07, 6.45) is 5.65. The highest BCUT2D eigenvalue weighted by Crippen LogP contribution is 2.48. The van der Waals surface area contributed by atoms with Crippen LogP contribution in [0.3, 0.4) is 0 Å². The second-order valence-corrected chi connectivity index (χ2v) is 6.93. The quantitative estimate of drug-likeness (QED) is 0.887. The summed E-state index contributed by atoms with van der Waals surface area (Å²) in [6.45, 7) is 1.73. The molecule has 1 aromatic carbocycles. The lowest BCUT2D eigenvalue weighted by molar-refractivity contribution is -0.123. The molecule has 1 atom stereocenters. The Morgan fingerprint density at radius 3 is 2.90 bits per heavy atom. The summed E-state index contributed by atoms with van der Waals surface area (Å²) in [4.78, 5) is 12.2. The summed E-state index contributed by atoms with van der Waals surface area (Å²) in [5.41, 5.74) is 1.51. The topological polar surface area (TPSA) is 41.1 Å². The summed E-state index contributed by atoms with van der Waals surface area (Å²) < 4.78 is 1.11. The maximum Gasteiger partial charge on any atom is 0.237 e. The van der Waals surface area contributed by atoms with E-state index in [0.29, 0.717) is 0 Å². The second-order valence-electron chi connectivity index (χ2n) is 6.01. The van der Waals surface area contributed by atoms with Crippen LogP contribution in [0.15, 0.2) is 28.7 Å². The number of nitrogens with one attached hydrogen (secondary N) is 2. The zero-order chi connectivity index (χ0) is 14.0. The lowest BCUT2D eigenvalue weighted by Gasteiger charge is -2.24. The van der Waals surface area contributed by atoms with Gasteiger partial charge in [-0.1, -0.05) is 34.5 Å². The molecule has 2 aliphatic rings. The highest BCUT2D eigenvalue weighted by molar-refractivity contribution is 9.10. The van der Waals surface area contributed by atoms with Gasteiger partial charge in [0, 0.05) is 16.4 Å². The molecule has 0 spiro atoms. The van der Waals surface area contributed by atoms with Crippen molar-refractivity contribution in [2.45, 2.75) is 43.6 Å². The van der Waals surface area contributed by atoms with Crippen LogP contribution in [0.25, 0.3) is 0 Å². The van der Waals surface area contributed by atoms with Crippen LogP contribution in [0, 0.1) is 0 Å². The summed E-state index contributed by atoms with van der Waals surface area (Å²) in [7, 11) is 0. The van der Waals surface area contributed by atoms with Crippen molar-refractivity contribution < 1.29 is 4.79 Å². The molecule has 2 N–H and O–H groups in total. The predicted octanol–water partition coefficient (Wildman–Crippen LogP) is 2.74. The molecule has 1 unspecified atom stereocenters. The average Bonchev–Trinajstić information content (AvgIpc) is 3.27. The fourth-order valence-corrected chi connectivity index (χ4v) is 3.39. The van der Waals surface area contributed by atoms with Gasteiger partial charge in [-0.2, -0.15) is 0 Å².